The van der Waals surface area contributed by atoms with E-state index in [1.807, 2.05) is 13.8 Å². The van der Waals surface area contributed by atoms with Gasteiger partial charge < -0.3 is 10.2 Å². The van der Waals surface area contributed by atoms with Crippen molar-refractivity contribution in [3.8, 4) is 0 Å². The summed E-state index contributed by atoms with van der Waals surface area (Å²) in [6, 6.07) is 8.56. The minimum absolute atomic E-state index is 0.209. The zero-order valence-corrected chi connectivity index (χ0v) is 13.0. The number of rotatable bonds is 5. The van der Waals surface area contributed by atoms with E-state index in [0.717, 1.165) is 0 Å². The quantitative estimate of drug-likeness (QED) is 0.922. The first-order valence-electron chi connectivity index (χ1n) is 7.37. The van der Waals surface area contributed by atoms with Gasteiger partial charge in [-0.25, -0.2) is 4.39 Å². The number of anilines is 1. The highest BCUT2D eigenvalue weighted by Crippen LogP contribution is 2.12. The highest BCUT2D eigenvalue weighted by Gasteiger charge is 2.16. The van der Waals surface area contributed by atoms with Gasteiger partial charge in [0.1, 0.15) is 11.5 Å². The molecule has 1 N–H and O–H groups in total. The van der Waals surface area contributed by atoms with Crippen LogP contribution in [0.3, 0.4) is 0 Å². The molecule has 2 amide bonds. The van der Waals surface area contributed by atoms with Gasteiger partial charge in [0, 0.05) is 30.5 Å². The van der Waals surface area contributed by atoms with E-state index < -0.39 is 11.7 Å². The van der Waals surface area contributed by atoms with Crippen molar-refractivity contribution in [2.75, 3.05) is 18.4 Å². The van der Waals surface area contributed by atoms with Crippen LogP contribution in [0, 0.1) is 5.82 Å². The Bertz CT molecular complexity index is 714. The summed E-state index contributed by atoms with van der Waals surface area (Å²) < 4.78 is 13.1. The summed E-state index contributed by atoms with van der Waals surface area (Å²) in [6.07, 6.45) is 1.41. The lowest BCUT2D eigenvalue weighted by molar-refractivity contribution is 0.0767. The number of pyridine rings is 1. The fourth-order valence-electron chi connectivity index (χ4n) is 2.13. The van der Waals surface area contributed by atoms with Crippen LogP contribution in [0.2, 0.25) is 0 Å². The first-order valence-corrected chi connectivity index (χ1v) is 7.37. The summed E-state index contributed by atoms with van der Waals surface area (Å²) in [5, 5.41) is 2.59. The number of hydrogen-bond acceptors (Lipinski definition) is 3. The number of aromatic nitrogens is 1. The van der Waals surface area contributed by atoms with E-state index in [-0.39, 0.29) is 11.6 Å². The Morgan fingerprint density at radius 2 is 1.91 bits per heavy atom. The molecule has 2 rings (SSSR count). The molecule has 120 valence electrons. The molecule has 0 saturated heterocycles. The number of halogens is 1. The summed E-state index contributed by atoms with van der Waals surface area (Å²) in [5.74, 6) is -1.09. The van der Waals surface area contributed by atoms with Crippen molar-refractivity contribution in [3.05, 3.63) is 59.7 Å². The number of carbonyl (C=O) groups excluding carboxylic acids is 2. The molecule has 1 aromatic heterocycles. The largest absolute Gasteiger partial charge is 0.338 e. The normalized spacial score (nSPS) is 10.2. The van der Waals surface area contributed by atoms with E-state index >= 15 is 0 Å². The number of benzene rings is 1. The van der Waals surface area contributed by atoms with Crippen LogP contribution in [-0.4, -0.2) is 34.8 Å². The molecular weight excluding hydrogens is 297 g/mol. The third kappa shape index (κ3) is 4.12. The van der Waals surface area contributed by atoms with Crippen LogP contribution in [0.15, 0.2) is 42.6 Å². The second kappa shape index (κ2) is 7.49. The van der Waals surface area contributed by atoms with Crippen LogP contribution < -0.4 is 5.32 Å². The summed E-state index contributed by atoms with van der Waals surface area (Å²) in [5.41, 5.74) is 0.851. The second-order valence-corrected chi connectivity index (χ2v) is 4.87. The number of carbonyl (C=O) groups is 2. The van der Waals surface area contributed by atoms with E-state index in [4.69, 9.17) is 0 Å². The second-order valence-electron chi connectivity index (χ2n) is 4.87. The first kappa shape index (κ1) is 16.6. The monoisotopic (exact) mass is 315 g/mol. The zero-order valence-electron chi connectivity index (χ0n) is 13.0. The molecule has 0 spiro atoms. The average molecular weight is 315 g/mol. The standard InChI is InChI=1S/C17H18FN3O2/c1-3-21(4-2)17(23)15-10-12(8-9-19-15)16(22)20-14-7-5-6-13(18)11-14/h5-11H,3-4H2,1-2H3,(H,20,22). The van der Waals surface area contributed by atoms with Crippen LogP contribution >= 0.6 is 0 Å². The SMILES string of the molecule is CCN(CC)C(=O)c1cc(C(=O)Nc2cccc(F)c2)ccn1. The maximum Gasteiger partial charge on any atom is 0.272 e. The zero-order chi connectivity index (χ0) is 16.8. The van der Waals surface area contributed by atoms with Crippen molar-refractivity contribution < 1.29 is 14.0 Å². The van der Waals surface area contributed by atoms with Crippen LogP contribution in [0.25, 0.3) is 0 Å². The Hall–Kier alpha value is -2.76. The maximum atomic E-state index is 13.1. The summed E-state index contributed by atoms with van der Waals surface area (Å²) in [6.45, 7) is 4.89. The van der Waals surface area contributed by atoms with Crippen LogP contribution in [-0.2, 0) is 0 Å². The molecule has 6 heteroatoms. The van der Waals surface area contributed by atoms with E-state index in [2.05, 4.69) is 10.3 Å². The Labute approximate surface area is 134 Å². The molecule has 0 aliphatic rings. The Morgan fingerprint density at radius 1 is 1.17 bits per heavy atom. The van der Waals surface area contributed by atoms with Crippen LogP contribution in [0.5, 0.6) is 0 Å². The van der Waals surface area contributed by atoms with Crippen LogP contribution in [0.1, 0.15) is 34.7 Å². The fourth-order valence-corrected chi connectivity index (χ4v) is 2.13. The third-order valence-corrected chi connectivity index (χ3v) is 3.37. The van der Waals surface area contributed by atoms with Crippen molar-refractivity contribution in [3.63, 3.8) is 0 Å². The first-order chi connectivity index (χ1) is 11.0. The lowest BCUT2D eigenvalue weighted by atomic mass is 10.2. The van der Waals surface area contributed by atoms with E-state index in [1.54, 1.807) is 11.0 Å². The molecule has 0 radical (unpaired) electrons. The summed E-state index contributed by atoms with van der Waals surface area (Å²) in [4.78, 5) is 30.1. The van der Waals surface area contributed by atoms with Gasteiger partial charge in [0.05, 0.1) is 0 Å². The average Bonchev–Trinajstić information content (AvgIpc) is 2.56. The van der Waals surface area contributed by atoms with Gasteiger partial charge in [0.15, 0.2) is 0 Å². The number of nitrogens with one attached hydrogen (secondary N) is 1. The molecule has 0 unspecified atom stereocenters. The van der Waals surface area contributed by atoms with E-state index in [0.29, 0.717) is 24.3 Å². The molecule has 0 aliphatic heterocycles. The minimum atomic E-state index is -0.435. The third-order valence-electron chi connectivity index (χ3n) is 3.37. The van der Waals surface area contributed by atoms with Gasteiger partial charge in [-0.2, -0.15) is 0 Å². The van der Waals surface area contributed by atoms with E-state index in [1.165, 1.54) is 36.5 Å². The van der Waals surface area contributed by atoms with Crippen molar-refractivity contribution in [1.29, 1.82) is 0 Å². The molecule has 0 bridgehead atoms. The van der Waals surface area contributed by atoms with Gasteiger partial charge in [-0.05, 0) is 44.2 Å². The fraction of sp³-hybridized carbons (Fsp3) is 0.235. The molecule has 0 atom stereocenters. The molecule has 1 aromatic carbocycles. The lowest BCUT2D eigenvalue weighted by Crippen LogP contribution is -2.31. The topological polar surface area (TPSA) is 62.3 Å². The number of hydrogen-bond donors (Lipinski definition) is 1. The number of nitrogens with zero attached hydrogens (tertiary/aromatic N) is 2. The van der Waals surface area contributed by atoms with Crippen molar-refractivity contribution >= 4 is 17.5 Å². The smallest absolute Gasteiger partial charge is 0.272 e. The molecule has 0 fully saturated rings. The van der Waals surface area contributed by atoms with Gasteiger partial charge >= 0.3 is 0 Å². The highest BCUT2D eigenvalue weighted by atomic mass is 19.1. The van der Waals surface area contributed by atoms with Crippen molar-refractivity contribution in [2.24, 2.45) is 0 Å². The highest BCUT2D eigenvalue weighted by molar-refractivity contribution is 6.05. The molecule has 5 nitrogen and oxygen atoms in total. The molecule has 1 heterocycles. The Morgan fingerprint density at radius 3 is 2.57 bits per heavy atom. The van der Waals surface area contributed by atoms with Crippen molar-refractivity contribution in [1.82, 2.24) is 9.88 Å². The predicted octanol–water partition coefficient (Wildman–Crippen LogP) is 2.96. The van der Waals surface area contributed by atoms with Crippen molar-refractivity contribution in [2.45, 2.75) is 13.8 Å². The summed E-state index contributed by atoms with van der Waals surface area (Å²) in [7, 11) is 0. The molecule has 2 aromatic rings. The van der Waals surface area contributed by atoms with Gasteiger partial charge in [-0.1, -0.05) is 6.07 Å². The lowest BCUT2D eigenvalue weighted by Gasteiger charge is -2.18. The number of amides is 2. The van der Waals surface area contributed by atoms with Gasteiger partial charge in [0.25, 0.3) is 11.8 Å². The molecule has 0 aliphatic carbocycles. The van der Waals surface area contributed by atoms with Gasteiger partial charge in [0.2, 0.25) is 0 Å². The van der Waals surface area contributed by atoms with Crippen LogP contribution in [0.4, 0.5) is 10.1 Å². The van der Waals surface area contributed by atoms with E-state index in [9.17, 15) is 14.0 Å². The predicted molar refractivity (Wildman–Crippen MR) is 85.8 cm³/mol. The Balaban J connectivity index is 2.19. The summed E-state index contributed by atoms with van der Waals surface area (Å²) >= 11 is 0. The molecular formula is C17H18FN3O2. The van der Waals surface area contributed by atoms with Gasteiger partial charge in [-0.3, -0.25) is 14.6 Å². The minimum Gasteiger partial charge on any atom is -0.338 e. The Kier molecular flexibility index (Phi) is 5.41. The van der Waals surface area contributed by atoms with Gasteiger partial charge in [-0.15, -0.1) is 0 Å². The molecule has 0 saturated carbocycles. The molecule has 23 heavy (non-hydrogen) atoms. The maximum absolute atomic E-state index is 13.1.